The van der Waals surface area contributed by atoms with E-state index in [9.17, 15) is 13.2 Å². The van der Waals surface area contributed by atoms with Crippen molar-refractivity contribution in [3.8, 4) is 0 Å². The van der Waals surface area contributed by atoms with E-state index in [0.717, 1.165) is 38.5 Å². The lowest BCUT2D eigenvalue weighted by atomic mass is 9.89. The Balaban J connectivity index is 2.12. The predicted octanol–water partition coefficient (Wildman–Crippen LogP) is 4.70. The third kappa shape index (κ3) is 3.52. The molecule has 0 saturated heterocycles. The van der Waals surface area contributed by atoms with Crippen molar-refractivity contribution in [3.63, 3.8) is 0 Å². The molecule has 2 rings (SSSR count). The summed E-state index contributed by atoms with van der Waals surface area (Å²) in [5.41, 5.74) is 5.78. The Morgan fingerprint density at radius 2 is 2.15 bits per heavy atom. The van der Waals surface area contributed by atoms with Gasteiger partial charge in [-0.2, -0.15) is 13.2 Å². The Morgan fingerprint density at radius 3 is 2.75 bits per heavy atom. The number of halogens is 3. The number of nitrogens with zero attached hydrogens (tertiary/aromatic N) is 1. The standard InChI is InChI=1S/C14H21F3N2S/c1-2-4-10-5-3-7-13(18,8-6-10)11-9-19-12(20-11)14(15,16)17/h9-10H,2-8,18H2,1H3. The fourth-order valence-corrected chi connectivity index (χ4v) is 3.96. The molecule has 1 aromatic rings. The van der Waals surface area contributed by atoms with Crippen molar-refractivity contribution in [2.75, 3.05) is 0 Å². The lowest BCUT2D eigenvalue weighted by molar-refractivity contribution is -0.137. The molecule has 2 atom stereocenters. The van der Waals surface area contributed by atoms with Gasteiger partial charge in [-0.25, -0.2) is 4.98 Å². The first kappa shape index (κ1) is 15.8. The van der Waals surface area contributed by atoms with E-state index in [-0.39, 0.29) is 0 Å². The number of nitrogens with two attached hydrogens (primary N) is 1. The molecule has 1 fully saturated rings. The summed E-state index contributed by atoms with van der Waals surface area (Å²) >= 11 is 0.708. The molecule has 0 aliphatic heterocycles. The molecule has 1 aromatic heterocycles. The Morgan fingerprint density at radius 1 is 1.40 bits per heavy atom. The second kappa shape index (κ2) is 6.02. The average molecular weight is 306 g/mol. The van der Waals surface area contributed by atoms with Crippen LogP contribution in [0.3, 0.4) is 0 Å². The second-order valence-corrected chi connectivity index (χ2v) is 6.80. The molecule has 2 unspecified atom stereocenters. The van der Waals surface area contributed by atoms with Crippen LogP contribution in [0.5, 0.6) is 0 Å². The number of alkyl halides is 3. The highest BCUT2D eigenvalue weighted by Crippen LogP contribution is 2.41. The topological polar surface area (TPSA) is 38.9 Å². The fraction of sp³-hybridized carbons (Fsp3) is 0.786. The van der Waals surface area contributed by atoms with Crippen LogP contribution in [0.15, 0.2) is 6.20 Å². The molecular weight excluding hydrogens is 285 g/mol. The molecule has 1 heterocycles. The van der Waals surface area contributed by atoms with Crippen molar-refractivity contribution in [2.45, 2.75) is 63.6 Å². The number of rotatable bonds is 3. The molecule has 0 bridgehead atoms. The highest BCUT2D eigenvalue weighted by molar-refractivity contribution is 7.11. The molecule has 1 aliphatic rings. The van der Waals surface area contributed by atoms with E-state index in [2.05, 4.69) is 11.9 Å². The van der Waals surface area contributed by atoms with Crippen LogP contribution in [0.25, 0.3) is 0 Å². The lowest BCUT2D eigenvalue weighted by Gasteiger charge is -2.26. The monoisotopic (exact) mass is 306 g/mol. The van der Waals surface area contributed by atoms with Crippen molar-refractivity contribution in [2.24, 2.45) is 11.7 Å². The molecule has 1 aliphatic carbocycles. The van der Waals surface area contributed by atoms with E-state index in [1.165, 1.54) is 12.6 Å². The van der Waals surface area contributed by atoms with Gasteiger partial charge in [0.1, 0.15) is 0 Å². The van der Waals surface area contributed by atoms with Gasteiger partial charge < -0.3 is 5.73 Å². The molecule has 20 heavy (non-hydrogen) atoms. The van der Waals surface area contributed by atoms with Crippen molar-refractivity contribution in [3.05, 3.63) is 16.1 Å². The van der Waals surface area contributed by atoms with Gasteiger partial charge >= 0.3 is 6.18 Å². The van der Waals surface area contributed by atoms with Crippen LogP contribution in [0.2, 0.25) is 0 Å². The molecule has 2 nitrogen and oxygen atoms in total. The third-order valence-corrected chi connectivity index (χ3v) is 5.43. The Labute approximate surface area is 121 Å². The molecule has 0 spiro atoms. The summed E-state index contributed by atoms with van der Waals surface area (Å²) in [5.74, 6) is 0.667. The second-order valence-electron chi connectivity index (χ2n) is 5.77. The SMILES string of the molecule is CCCC1CCCC(N)(c2cnc(C(F)(F)F)s2)CC1. The quantitative estimate of drug-likeness (QED) is 0.822. The van der Waals surface area contributed by atoms with Gasteiger partial charge in [0.05, 0.1) is 5.54 Å². The number of thiazole rings is 1. The van der Waals surface area contributed by atoms with Crippen molar-refractivity contribution < 1.29 is 13.2 Å². The molecule has 0 aromatic carbocycles. The van der Waals surface area contributed by atoms with Crippen LogP contribution >= 0.6 is 11.3 Å². The first-order chi connectivity index (χ1) is 9.35. The lowest BCUT2D eigenvalue weighted by Crippen LogP contribution is -2.35. The molecule has 0 radical (unpaired) electrons. The summed E-state index contributed by atoms with van der Waals surface area (Å²) < 4.78 is 37.9. The summed E-state index contributed by atoms with van der Waals surface area (Å²) in [6.45, 7) is 2.17. The zero-order valence-electron chi connectivity index (χ0n) is 11.7. The van der Waals surface area contributed by atoms with E-state index in [1.54, 1.807) is 0 Å². The molecule has 1 saturated carbocycles. The minimum Gasteiger partial charge on any atom is -0.321 e. The van der Waals surface area contributed by atoms with E-state index < -0.39 is 16.7 Å². The summed E-state index contributed by atoms with van der Waals surface area (Å²) in [7, 11) is 0. The zero-order chi connectivity index (χ0) is 14.8. The summed E-state index contributed by atoms with van der Waals surface area (Å²) in [4.78, 5) is 4.09. The number of hydrogen-bond acceptors (Lipinski definition) is 3. The van der Waals surface area contributed by atoms with E-state index in [0.29, 0.717) is 22.1 Å². The van der Waals surface area contributed by atoms with Crippen LogP contribution in [0.4, 0.5) is 13.2 Å². The molecule has 114 valence electrons. The van der Waals surface area contributed by atoms with Crippen molar-refractivity contribution >= 4 is 11.3 Å². The van der Waals surface area contributed by atoms with Gasteiger partial charge in [-0.15, -0.1) is 11.3 Å². The maximum atomic E-state index is 12.6. The average Bonchev–Trinajstić information content (AvgIpc) is 2.79. The van der Waals surface area contributed by atoms with Gasteiger partial charge in [0.2, 0.25) is 0 Å². The van der Waals surface area contributed by atoms with Crippen LogP contribution in [0.1, 0.15) is 61.8 Å². The smallest absolute Gasteiger partial charge is 0.321 e. The van der Waals surface area contributed by atoms with Crippen LogP contribution < -0.4 is 5.73 Å². The van der Waals surface area contributed by atoms with Crippen molar-refractivity contribution in [1.82, 2.24) is 4.98 Å². The van der Waals surface area contributed by atoms with Gasteiger partial charge in [-0.05, 0) is 25.2 Å². The van der Waals surface area contributed by atoms with Gasteiger partial charge in [-0.1, -0.05) is 32.6 Å². The van der Waals surface area contributed by atoms with E-state index in [4.69, 9.17) is 5.73 Å². The number of hydrogen-bond donors (Lipinski definition) is 1. The summed E-state index contributed by atoms with van der Waals surface area (Å²) in [5, 5.41) is -0.785. The Hall–Kier alpha value is -0.620. The predicted molar refractivity (Wildman–Crippen MR) is 74.5 cm³/mol. The van der Waals surface area contributed by atoms with Gasteiger partial charge in [0.15, 0.2) is 5.01 Å². The van der Waals surface area contributed by atoms with E-state index in [1.807, 2.05) is 0 Å². The van der Waals surface area contributed by atoms with Crippen LogP contribution in [-0.4, -0.2) is 4.98 Å². The maximum Gasteiger partial charge on any atom is 0.443 e. The van der Waals surface area contributed by atoms with Crippen LogP contribution in [-0.2, 0) is 11.7 Å². The Bertz CT molecular complexity index is 444. The largest absolute Gasteiger partial charge is 0.443 e. The first-order valence-electron chi connectivity index (χ1n) is 7.17. The molecular formula is C14H21F3N2S. The molecule has 2 N–H and O–H groups in total. The highest BCUT2D eigenvalue weighted by Gasteiger charge is 2.38. The third-order valence-electron chi connectivity index (χ3n) is 4.17. The summed E-state index contributed by atoms with van der Waals surface area (Å²) in [6.07, 6.45) is 3.95. The van der Waals surface area contributed by atoms with Gasteiger partial charge in [-0.3, -0.25) is 0 Å². The molecule has 6 heteroatoms. The Kier molecular flexibility index (Phi) is 4.74. The summed E-state index contributed by atoms with van der Waals surface area (Å²) in [6, 6.07) is 0. The van der Waals surface area contributed by atoms with Crippen LogP contribution in [0, 0.1) is 5.92 Å². The highest BCUT2D eigenvalue weighted by atomic mass is 32.1. The molecule has 0 amide bonds. The van der Waals surface area contributed by atoms with E-state index >= 15 is 0 Å². The minimum atomic E-state index is -4.37. The first-order valence-corrected chi connectivity index (χ1v) is 7.99. The zero-order valence-corrected chi connectivity index (χ0v) is 12.5. The van der Waals surface area contributed by atoms with Crippen molar-refractivity contribution in [1.29, 1.82) is 0 Å². The van der Waals surface area contributed by atoms with Gasteiger partial charge in [0.25, 0.3) is 0 Å². The maximum absolute atomic E-state index is 12.6. The normalized spacial score (nSPS) is 28.4. The van der Waals surface area contributed by atoms with Gasteiger partial charge in [0, 0.05) is 11.1 Å². The number of aromatic nitrogens is 1. The fourth-order valence-electron chi connectivity index (χ4n) is 3.02. The minimum absolute atomic E-state index is 0.585.